The van der Waals surface area contributed by atoms with E-state index in [4.69, 9.17) is 4.74 Å². The minimum atomic E-state index is -0.185. The lowest BCUT2D eigenvalue weighted by Gasteiger charge is -2.17. The second kappa shape index (κ2) is 7.74. The van der Waals surface area contributed by atoms with E-state index in [0.29, 0.717) is 24.7 Å². The zero-order chi connectivity index (χ0) is 14.3. The van der Waals surface area contributed by atoms with Crippen LogP contribution >= 0.6 is 0 Å². The third-order valence-electron chi connectivity index (χ3n) is 2.72. The average molecular weight is 267 g/mol. The van der Waals surface area contributed by atoms with E-state index in [2.05, 4.69) is 15.6 Å². The lowest BCUT2D eigenvalue weighted by Crippen LogP contribution is -2.43. The monoisotopic (exact) mass is 267 g/mol. The van der Waals surface area contributed by atoms with Gasteiger partial charge >= 0.3 is 0 Å². The van der Waals surface area contributed by atoms with Gasteiger partial charge in [0, 0.05) is 26.7 Å². The van der Waals surface area contributed by atoms with Gasteiger partial charge in [0.05, 0.1) is 6.61 Å². The summed E-state index contributed by atoms with van der Waals surface area (Å²) in [7, 11) is 3.36. The maximum atomic E-state index is 13.4. The van der Waals surface area contributed by atoms with E-state index in [1.54, 1.807) is 27.1 Å². The fourth-order valence-electron chi connectivity index (χ4n) is 1.65. The molecule has 0 fully saturated rings. The molecule has 1 atom stereocenters. The highest BCUT2D eigenvalue weighted by Crippen LogP contribution is 2.08. The lowest BCUT2D eigenvalue weighted by atomic mass is 10.1. The van der Waals surface area contributed by atoms with Crippen LogP contribution in [0.15, 0.2) is 23.2 Å². The largest absolute Gasteiger partial charge is 0.383 e. The number of aliphatic imine (C=N–C) groups is 1. The van der Waals surface area contributed by atoms with E-state index in [1.807, 2.05) is 13.0 Å². The predicted octanol–water partition coefficient (Wildman–Crippen LogP) is 1.83. The molecule has 4 nitrogen and oxygen atoms in total. The van der Waals surface area contributed by atoms with Crippen molar-refractivity contribution in [1.82, 2.24) is 10.6 Å². The third-order valence-corrected chi connectivity index (χ3v) is 2.72. The number of guanidine groups is 1. The van der Waals surface area contributed by atoms with Gasteiger partial charge in [-0.3, -0.25) is 4.99 Å². The van der Waals surface area contributed by atoms with Crippen LogP contribution in [0.5, 0.6) is 0 Å². The number of nitrogens with one attached hydrogen (secondary N) is 2. The highest BCUT2D eigenvalue weighted by atomic mass is 19.1. The summed E-state index contributed by atoms with van der Waals surface area (Å²) in [6, 6.07) is 5.37. The van der Waals surface area contributed by atoms with Gasteiger partial charge in [0.15, 0.2) is 5.96 Å². The molecule has 0 heterocycles. The van der Waals surface area contributed by atoms with Crippen LogP contribution in [0.1, 0.15) is 18.1 Å². The van der Waals surface area contributed by atoms with Crippen molar-refractivity contribution >= 4 is 5.96 Å². The third kappa shape index (κ3) is 5.26. The number of hydrogen-bond acceptors (Lipinski definition) is 2. The molecule has 19 heavy (non-hydrogen) atoms. The number of hydrogen-bond donors (Lipinski definition) is 2. The van der Waals surface area contributed by atoms with Crippen molar-refractivity contribution in [3.63, 3.8) is 0 Å². The molecule has 1 unspecified atom stereocenters. The number of nitrogens with zero attached hydrogens (tertiary/aromatic N) is 1. The van der Waals surface area contributed by atoms with Crippen molar-refractivity contribution in [2.45, 2.75) is 26.4 Å². The molecule has 2 N–H and O–H groups in total. The van der Waals surface area contributed by atoms with Gasteiger partial charge in [0.2, 0.25) is 0 Å². The van der Waals surface area contributed by atoms with E-state index in [0.717, 1.165) is 5.56 Å². The van der Waals surface area contributed by atoms with Crippen LogP contribution in [0.4, 0.5) is 4.39 Å². The van der Waals surface area contributed by atoms with Crippen LogP contribution in [0, 0.1) is 12.7 Å². The number of benzene rings is 1. The number of rotatable bonds is 5. The first-order valence-corrected chi connectivity index (χ1v) is 6.28. The summed E-state index contributed by atoms with van der Waals surface area (Å²) in [6.07, 6.45) is 0. The molecule has 0 saturated carbocycles. The Morgan fingerprint density at radius 2 is 2.21 bits per heavy atom. The van der Waals surface area contributed by atoms with Crippen LogP contribution in [-0.4, -0.2) is 32.8 Å². The fourth-order valence-corrected chi connectivity index (χ4v) is 1.65. The van der Waals surface area contributed by atoms with Crippen LogP contribution in [0.2, 0.25) is 0 Å². The van der Waals surface area contributed by atoms with Gasteiger partial charge in [0.1, 0.15) is 5.82 Å². The van der Waals surface area contributed by atoms with E-state index in [-0.39, 0.29) is 11.9 Å². The first-order chi connectivity index (χ1) is 9.06. The van der Waals surface area contributed by atoms with E-state index >= 15 is 0 Å². The average Bonchev–Trinajstić information content (AvgIpc) is 2.38. The Bertz CT molecular complexity index is 435. The first kappa shape index (κ1) is 15.4. The molecule has 0 spiro atoms. The molecule has 1 aromatic rings. The fraction of sp³-hybridized carbons (Fsp3) is 0.500. The van der Waals surface area contributed by atoms with Crippen LogP contribution in [0.3, 0.4) is 0 Å². The zero-order valence-electron chi connectivity index (χ0n) is 12.0. The highest BCUT2D eigenvalue weighted by Gasteiger charge is 2.05. The van der Waals surface area contributed by atoms with Gasteiger partial charge in [-0.2, -0.15) is 0 Å². The van der Waals surface area contributed by atoms with Crippen LogP contribution < -0.4 is 10.6 Å². The quantitative estimate of drug-likeness (QED) is 0.632. The first-order valence-electron chi connectivity index (χ1n) is 6.28. The Kier molecular flexibility index (Phi) is 6.29. The molecule has 0 amide bonds. The minimum Gasteiger partial charge on any atom is -0.383 e. The smallest absolute Gasteiger partial charge is 0.191 e. The Balaban J connectivity index is 2.51. The summed E-state index contributed by atoms with van der Waals surface area (Å²) in [5, 5.41) is 6.32. The SMILES string of the molecule is CN=C(NCc1ccc(C)c(F)c1)NC(C)COC. The lowest BCUT2D eigenvalue weighted by molar-refractivity contribution is 0.179. The van der Waals surface area contributed by atoms with Crippen molar-refractivity contribution in [2.75, 3.05) is 20.8 Å². The molecule has 0 aliphatic carbocycles. The summed E-state index contributed by atoms with van der Waals surface area (Å²) in [4.78, 5) is 4.11. The Morgan fingerprint density at radius 1 is 1.47 bits per heavy atom. The summed E-state index contributed by atoms with van der Waals surface area (Å²) < 4.78 is 18.5. The summed E-state index contributed by atoms with van der Waals surface area (Å²) >= 11 is 0. The maximum Gasteiger partial charge on any atom is 0.191 e. The van der Waals surface area contributed by atoms with Gasteiger partial charge in [-0.25, -0.2) is 4.39 Å². The van der Waals surface area contributed by atoms with E-state index < -0.39 is 0 Å². The molecular formula is C14H22FN3O. The molecule has 0 aliphatic heterocycles. The van der Waals surface area contributed by atoms with E-state index in [1.165, 1.54) is 6.07 Å². The van der Waals surface area contributed by atoms with Crippen molar-refractivity contribution in [3.05, 3.63) is 35.1 Å². The molecule has 0 aliphatic rings. The van der Waals surface area contributed by atoms with E-state index in [9.17, 15) is 4.39 Å². The summed E-state index contributed by atoms with van der Waals surface area (Å²) in [5.74, 6) is 0.487. The Hall–Kier alpha value is -1.62. The molecule has 0 aromatic heterocycles. The Morgan fingerprint density at radius 3 is 2.79 bits per heavy atom. The molecule has 0 radical (unpaired) electrons. The normalized spacial score (nSPS) is 13.2. The second-order valence-electron chi connectivity index (χ2n) is 4.51. The minimum absolute atomic E-state index is 0.158. The van der Waals surface area contributed by atoms with Gasteiger partial charge in [-0.15, -0.1) is 0 Å². The topological polar surface area (TPSA) is 45.7 Å². The van der Waals surface area contributed by atoms with Gasteiger partial charge in [-0.1, -0.05) is 12.1 Å². The molecule has 106 valence electrons. The van der Waals surface area contributed by atoms with Crippen LogP contribution in [0.25, 0.3) is 0 Å². The molecule has 0 bridgehead atoms. The number of methoxy groups -OCH3 is 1. The highest BCUT2D eigenvalue weighted by molar-refractivity contribution is 5.79. The Labute approximate surface area is 114 Å². The number of ether oxygens (including phenoxy) is 1. The van der Waals surface area contributed by atoms with Gasteiger partial charge in [0.25, 0.3) is 0 Å². The molecule has 1 aromatic carbocycles. The standard InChI is InChI=1S/C14H22FN3O/c1-10-5-6-12(7-13(10)15)8-17-14(16-3)18-11(2)9-19-4/h5-7,11H,8-9H2,1-4H3,(H2,16,17,18). The molecule has 5 heteroatoms. The van der Waals surface area contributed by atoms with Gasteiger partial charge < -0.3 is 15.4 Å². The van der Waals surface area contributed by atoms with Crippen LogP contribution in [-0.2, 0) is 11.3 Å². The number of halogens is 1. The molecule has 0 saturated heterocycles. The van der Waals surface area contributed by atoms with Gasteiger partial charge in [-0.05, 0) is 31.0 Å². The summed E-state index contributed by atoms with van der Waals surface area (Å²) in [5.41, 5.74) is 1.53. The van der Waals surface area contributed by atoms with Crippen molar-refractivity contribution in [1.29, 1.82) is 0 Å². The number of aryl methyl sites for hydroxylation is 1. The second-order valence-corrected chi connectivity index (χ2v) is 4.51. The predicted molar refractivity (Wildman–Crippen MR) is 75.8 cm³/mol. The van der Waals surface area contributed by atoms with Crippen molar-refractivity contribution in [2.24, 2.45) is 4.99 Å². The van der Waals surface area contributed by atoms with Crippen molar-refractivity contribution < 1.29 is 9.13 Å². The molecule has 1 rings (SSSR count). The zero-order valence-corrected chi connectivity index (χ0v) is 12.0. The van der Waals surface area contributed by atoms with Crippen molar-refractivity contribution in [3.8, 4) is 0 Å². The molecular weight excluding hydrogens is 245 g/mol. The summed E-state index contributed by atoms with van der Waals surface area (Å²) in [6.45, 7) is 4.87. The maximum absolute atomic E-state index is 13.4.